The first-order valence-corrected chi connectivity index (χ1v) is 9.59. The molecule has 140 valence electrons. The van der Waals surface area contributed by atoms with Crippen LogP contribution in [-0.2, 0) is 0 Å². The van der Waals surface area contributed by atoms with Gasteiger partial charge in [0.05, 0.1) is 0 Å². The number of nitrogens with one attached hydrogen (secondary N) is 3. The largest absolute Gasteiger partial charge is 0.385 e. The Balaban J connectivity index is 1.62. The Kier molecular flexibility index (Phi) is 4.84. The van der Waals surface area contributed by atoms with Gasteiger partial charge in [-0.05, 0) is 55.5 Å². The molecule has 2 aromatic carbocycles. The second-order valence-electron chi connectivity index (χ2n) is 7.17. The molecule has 1 unspecified atom stereocenters. The van der Waals surface area contributed by atoms with Gasteiger partial charge in [0, 0.05) is 34.7 Å². The number of para-hydroxylation sites is 1. The summed E-state index contributed by atoms with van der Waals surface area (Å²) in [5.41, 5.74) is 4.32. The Bertz CT molecular complexity index is 886. The Hall–Kier alpha value is -2.82. The van der Waals surface area contributed by atoms with Crippen LogP contribution in [0.1, 0.15) is 37.3 Å². The van der Waals surface area contributed by atoms with Crippen LogP contribution in [0, 0.1) is 11.7 Å². The molecule has 1 atom stereocenters. The third-order valence-electron chi connectivity index (χ3n) is 4.96. The summed E-state index contributed by atoms with van der Waals surface area (Å²) in [6, 6.07) is 12.9. The molecule has 5 heteroatoms. The van der Waals surface area contributed by atoms with Crippen molar-refractivity contribution in [1.29, 1.82) is 0 Å². The number of benzene rings is 2. The number of halogens is 1. The van der Waals surface area contributed by atoms with Crippen molar-refractivity contribution in [1.82, 2.24) is 5.32 Å². The predicted molar refractivity (Wildman–Crippen MR) is 110 cm³/mol. The van der Waals surface area contributed by atoms with E-state index in [0.29, 0.717) is 11.6 Å². The van der Waals surface area contributed by atoms with E-state index < -0.39 is 0 Å². The molecule has 0 aromatic heterocycles. The van der Waals surface area contributed by atoms with Crippen LogP contribution in [0.25, 0.3) is 5.70 Å². The zero-order chi connectivity index (χ0) is 18.8. The van der Waals surface area contributed by atoms with E-state index in [0.717, 1.165) is 41.3 Å². The molecule has 4 nitrogen and oxygen atoms in total. The standard InChI is InChI=1S/C22H25FN4/c1-3-12-24-19-11-10-16(23)13-18(19)14(2)25-22-17-6-4-5-7-20(17)26-21(27-22)15-8-9-15/h4-7,10-11,13,15,21,24,26H,2-3,8-9,12H2,1H3,(H,25,27). The molecule has 0 radical (unpaired) electrons. The van der Waals surface area contributed by atoms with Gasteiger partial charge in [-0.3, -0.25) is 0 Å². The quantitative estimate of drug-likeness (QED) is 0.689. The second-order valence-corrected chi connectivity index (χ2v) is 7.17. The number of hydrogen-bond acceptors (Lipinski definition) is 4. The zero-order valence-electron chi connectivity index (χ0n) is 15.6. The van der Waals surface area contributed by atoms with Crippen LogP contribution in [0.5, 0.6) is 0 Å². The van der Waals surface area contributed by atoms with E-state index in [1.807, 2.05) is 18.2 Å². The van der Waals surface area contributed by atoms with Crippen molar-refractivity contribution in [2.24, 2.45) is 10.9 Å². The second kappa shape index (κ2) is 7.43. The molecular formula is C22H25FN4. The topological polar surface area (TPSA) is 48.5 Å². The van der Waals surface area contributed by atoms with E-state index >= 15 is 0 Å². The van der Waals surface area contributed by atoms with Gasteiger partial charge in [0.25, 0.3) is 0 Å². The maximum Gasteiger partial charge on any atom is 0.137 e. The van der Waals surface area contributed by atoms with Crippen molar-refractivity contribution in [3.8, 4) is 0 Å². The SMILES string of the molecule is C=C(NC1=NC(C2CC2)Nc2ccccc21)c1cc(F)ccc1NCCC. The number of aliphatic imine (C=N–C) groups is 1. The minimum Gasteiger partial charge on any atom is -0.385 e. The van der Waals surface area contributed by atoms with E-state index in [1.165, 1.54) is 25.0 Å². The third kappa shape index (κ3) is 3.82. The molecule has 1 aliphatic carbocycles. The van der Waals surface area contributed by atoms with Crippen LogP contribution in [-0.4, -0.2) is 18.5 Å². The number of amidine groups is 1. The van der Waals surface area contributed by atoms with Crippen molar-refractivity contribution in [3.05, 3.63) is 66.0 Å². The molecule has 0 spiro atoms. The van der Waals surface area contributed by atoms with E-state index in [4.69, 9.17) is 4.99 Å². The van der Waals surface area contributed by atoms with Crippen LogP contribution < -0.4 is 16.0 Å². The normalized spacial score (nSPS) is 18.1. The molecular weight excluding hydrogens is 339 g/mol. The highest BCUT2D eigenvalue weighted by atomic mass is 19.1. The van der Waals surface area contributed by atoms with Crippen molar-refractivity contribution < 1.29 is 4.39 Å². The summed E-state index contributed by atoms with van der Waals surface area (Å²) in [6.45, 7) is 7.09. The molecule has 2 aromatic rings. The predicted octanol–water partition coefficient (Wildman–Crippen LogP) is 4.82. The molecule has 0 amide bonds. The number of fused-ring (bicyclic) bond motifs is 1. The highest BCUT2D eigenvalue weighted by molar-refractivity contribution is 6.08. The maximum atomic E-state index is 13.9. The van der Waals surface area contributed by atoms with Crippen molar-refractivity contribution in [2.75, 3.05) is 17.2 Å². The summed E-state index contributed by atoms with van der Waals surface area (Å²) >= 11 is 0. The van der Waals surface area contributed by atoms with Crippen LogP contribution in [0.4, 0.5) is 15.8 Å². The number of nitrogens with zero attached hydrogens (tertiary/aromatic N) is 1. The number of rotatable bonds is 6. The van der Waals surface area contributed by atoms with E-state index in [9.17, 15) is 4.39 Å². The number of hydrogen-bond donors (Lipinski definition) is 3. The minimum absolute atomic E-state index is 0.0837. The molecule has 27 heavy (non-hydrogen) atoms. The fraction of sp³-hybridized carbons (Fsp3) is 0.318. The van der Waals surface area contributed by atoms with E-state index in [-0.39, 0.29) is 12.0 Å². The summed E-state index contributed by atoms with van der Waals surface area (Å²) in [4.78, 5) is 4.88. The van der Waals surface area contributed by atoms with Gasteiger partial charge >= 0.3 is 0 Å². The summed E-state index contributed by atoms with van der Waals surface area (Å²) in [5, 5.41) is 10.2. The van der Waals surface area contributed by atoms with E-state index in [1.54, 1.807) is 6.07 Å². The van der Waals surface area contributed by atoms with E-state index in [2.05, 4.69) is 35.5 Å². The monoisotopic (exact) mass is 364 g/mol. The Morgan fingerprint density at radius 1 is 1.26 bits per heavy atom. The summed E-state index contributed by atoms with van der Waals surface area (Å²) in [7, 11) is 0. The zero-order valence-corrected chi connectivity index (χ0v) is 15.6. The lowest BCUT2D eigenvalue weighted by Crippen LogP contribution is -2.34. The summed E-state index contributed by atoms with van der Waals surface area (Å²) < 4.78 is 13.9. The van der Waals surface area contributed by atoms with Crippen molar-refractivity contribution in [3.63, 3.8) is 0 Å². The molecule has 2 aliphatic rings. The van der Waals surface area contributed by atoms with Gasteiger partial charge in [-0.2, -0.15) is 0 Å². The molecule has 4 rings (SSSR count). The molecule has 1 heterocycles. The summed E-state index contributed by atoms with van der Waals surface area (Å²) in [5.74, 6) is 1.09. The fourth-order valence-corrected chi connectivity index (χ4v) is 3.34. The van der Waals surface area contributed by atoms with Gasteiger partial charge in [0.1, 0.15) is 17.8 Å². The Morgan fingerprint density at radius 2 is 2.07 bits per heavy atom. The third-order valence-corrected chi connectivity index (χ3v) is 4.96. The van der Waals surface area contributed by atoms with Gasteiger partial charge < -0.3 is 16.0 Å². The maximum absolute atomic E-state index is 13.9. The smallest absolute Gasteiger partial charge is 0.137 e. The first-order valence-electron chi connectivity index (χ1n) is 9.59. The van der Waals surface area contributed by atoms with Crippen LogP contribution in [0.15, 0.2) is 54.0 Å². The Morgan fingerprint density at radius 3 is 2.85 bits per heavy atom. The van der Waals surface area contributed by atoms with Gasteiger partial charge in [0.2, 0.25) is 0 Å². The van der Waals surface area contributed by atoms with Gasteiger partial charge in [-0.15, -0.1) is 0 Å². The molecule has 1 fully saturated rings. The minimum atomic E-state index is -0.279. The van der Waals surface area contributed by atoms with Crippen LogP contribution in [0.3, 0.4) is 0 Å². The van der Waals surface area contributed by atoms with Crippen LogP contribution >= 0.6 is 0 Å². The van der Waals surface area contributed by atoms with Crippen molar-refractivity contribution >= 4 is 22.9 Å². The molecule has 1 saturated carbocycles. The molecule has 1 aliphatic heterocycles. The lowest BCUT2D eigenvalue weighted by Gasteiger charge is -2.27. The summed E-state index contributed by atoms with van der Waals surface area (Å²) in [6.07, 6.45) is 3.48. The van der Waals surface area contributed by atoms with Gasteiger partial charge in [0.15, 0.2) is 0 Å². The fourth-order valence-electron chi connectivity index (χ4n) is 3.34. The lowest BCUT2D eigenvalue weighted by molar-refractivity contribution is 0.627. The average Bonchev–Trinajstić information content (AvgIpc) is 3.52. The molecule has 3 N–H and O–H groups in total. The first kappa shape index (κ1) is 17.6. The molecule has 0 bridgehead atoms. The van der Waals surface area contributed by atoms with Crippen LogP contribution in [0.2, 0.25) is 0 Å². The molecule has 0 saturated heterocycles. The highest BCUT2D eigenvalue weighted by Gasteiger charge is 2.34. The number of anilines is 2. The Labute approximate surface area is 159 Å². The van der Waals surface area contributed by atoms with Crippen molar-refractivity contribution in [2.45, 2.75) is 32.4 Å². The first-order chi connectivity index (χ1) is 13.2. The lowest BCUT2D eigenvalue weighted by atomic mass is 10.1. The highest BCUT2D eigenvalue weighted by Crippen LogP contribution is 2.37. The van der Waals surface area contributed by atoms with Gasteiger partial charge in [-0.25, -0.2) is 9.38 Å². The van der Waals surface area contributed by atoms with Gasteiger partial charge in [-0.1, -0.05) is 25.6 Å². The average molecular weight is 364 g/mol.